The number of nitrogens with zero attached hydrogens (tertiary/aromatic N) is 3. The fourth-order valence-corrected chi connectivity index (χ4v) is 7.25. The molecule has 1 saturated heterocycles. The van der Waals surface area contributed by atoms with Gasteiger partial charge in [0.15, 0.2) is 0 Å². The predicted octanol–water partition coefficient (Wildman–Crippen LogP) is 3.69. The number of amides is 1. The van der Waals surface area contributed by atoms with Crippen LogP contribution in [-0.4, -0.2) is 82.5 Å². The first-order valence-electron chi connectivity index (χ1n) is 13.4. The zero-order valence-corrected chi connectivity index (χ0v) is 24.1. The highest BCUT2D eigenvalue weighted by Crippen LogP contribution is 2.36. The van der Waals surface area contributed by atoms with Gasteiger partial charge in [-0.3, -0.25) is 9.69 Å². The van der Waals surface area contributed by atoms with Crippen molar-refractivity contribution in [3.8, 4) is 5.75 Å². The van der Waals surface area contributed by atoms with Crippen LogP contribution in [0.2, 0.25) is 0 Å². The number of carbonyl (C=O) groups excluding carboxylic acids is 1. The fraction of sp³-hybridized carbons (Fsp3) is 0.552. The Labute approximate surface area is 227 Å². The number of methoxy groups -OCH3 is 1. The molecule has 2 aromatic rings. The van der Waals surface area contributed by atoms with Gasteiger partial charge in [0, 0.05) is 27.2 Å². The predicted molar refractivity (Wildman–Crippen MR) is 148 cm³/mol. The van der Waals surface area contributed by atoms with E-state index in [2.05, 4.69) is 23.1 Å². The zero-order chi connectivity index (χ0) is 27.4. The highest BCUT2D eigenvalue weighted by molar-refractivity contribution is 7.89. The molecule has 1 aliphatic heterocycles. The molecule has 1 atom stereocenters. The van der Waals surface area contributed by atoms with E-state index in [-0.39, 0.29) is 36.6 Å². The van der Waals surface area contributed by atoms with E-state index in [9.17, 15) is 13.2 Å². The Morgan fingerprint density at radius 3 is 2.42 bits per heavy atom. The van der Waals surface area contributed by atoms with Gasteiger partial charge >= 0.3 is 0 Å². The van der Waals surface area contributed by atoms with E-state index in [0.717, 1.165) is 19.4 Å². The molecule has 1 unspecified atom stereocenters. The van der Waals surface area contributed by atoms with Crippen LogP contribution < -0.4 is 4.74 Å². The largest absolute Gasteiger partial charge is 0.497 e. The zero-order valence-electron chi connectivity index (χ0n) is 23.3. The van der Waals surface area contributed by atoms with Gasteiger partial charge in [0.05, 0.1) is 24.7 Å². The van der Waals surface area contributed by atoms with Gasteiger partial charge in [0.2, 0.25) is 15.9 Å². The van der Waals surface area contributed by atoms with Gasteiger partial charge in [-0.15, -0.1) is 0 Å². The summed E-state index contributed by atoms with van der Waals surface area (Å²) in [6, 6.07) is 10.2. The number of hydrogen-bond donors (Lipinski definition) is 0. The summed E-state index contributed by atoms with van der Waals surface area (Å²) < 4.78 is 38.5. The van der Waals surface area contributed by atoms with Gasteiger partial charge in [0.1, 0.15) is 12.4 Å². The standard InChI is InChI=1S/C29H41N3O5S/c1-21-16-25(36-5)17-22(2)29(21)38(34,35)30(3)14-15-37-20-28(33)31(4)27-11-9-24-18-23(8-10-26(24)27)19-32-12-6-7-13-32/h8,10,16-18,27H,6-7,9,11-15,19-20H2,1-5H3. The molecular formula is C29H41N3O5S. The number of fused-ring (bicyclic) bond motifs is 1. The lowest BCUT2D eigenvalue weighted by atomic mass is 10.0. The summed E-state index contributed by atoms with van der Waals surface area (Å²) in [6.45, 7) is 7.08. The lowest BCUT2D eigenvalue weighted by Crippen LogP contribution is -2.35. The maximum atomic E-state index is 13.2. The van der Waals surface area contributed by atoms with E-state index in [1.165, 1.54) is 54.0 Å². The average molecular weight is 544 g/mol. The number of likely N-dealkylation sites (tertiary alicyclic amines) is 1. The highest BCUT2D eigenvalue weighted by Gasteiger charge is 2.29. The van der Waals surface area contributed by atoms with Gasteiger partial charge in [-0.05, 0) is 92.6 Å². The van der Waals surface area contributed by atoms with Crippen LogP contribution in [0.1, 0.15) is 53.1 Å². The number of likely N-dealkylation sites (N-methyl/N-ethyl adjacent to an activating group) is 2. The Morgan fingerprint density at radius 1 is 1.08 bits per heavy atom. The van der Waals surface area contributed by atoms with Crippen LogP contribution in [0.4, 0.5) is 0 Å². The molecule has 4 rings (SSSR count). The van der Waals surface area contributed by atoms with E-state index >= 15 is 0 Å². The van der Waals surface area contributed by atoms with Crippen LogP contribution in [0, 0.1) is 13.8 Å². The molecule has 1 heterocycles. The summed E-state index contributed by atoms with van der Waals surface area (Å²) in [5, 5.41) is 0. The first-order chi connectivity index (χ1) is 18.1. The molecule has 0 spiro atoms. The number of rotatable bonds is 11. The van der Waals surface area contributed by atoms with E-state index in [1.54, 1.807) is 38.0 Å². The van der Waals surface area contributed by atoms with Gasteiger partial charge in [-0.1, -0.05) is 18.2 Å². The molecule has 9 heteroatoms. The van der Waals surface area contributed by atoms with Crippen molar-refractivity contribution in [1.82, 2.24) is 14.1 Å². The summed E-state index contributed by atoms with van der Waals surface area (Å²) in [6.07, 6.45) is 4.46. The number of benzene rings is 2. The molecular weight excluding hydrogens is 502 g/mol. The van der Waals surface area contributed by atoms with Crippen molar-refractivity contribution in [3.63, 3.8) is 0 Å². The topological polar surface area (TPSA) is 79.4 Å². The Morgan fingerprint density at radius 2 is 1.76 bits per heavy atom. The van der Waals surface area contributed by atoms with Crippen LogP contribution in [0.15, 0.2) is 35.2 Å². The summed E-state index contributed by atoms with van der Waals surface area (Å²) in [4.78, 5) is 17.5. The normalized spacial score (nSPS) is 17.7. The maximum absolute atomic E-state index is 13.2. The molecule has 0 N–H and O–H groups in total. The molecule has 1 fully saturated rings. The minimum absolute atomic E-state index is 0.0472. The van der Waals surface area contributed by atoms with Gasteiger partial charge < -0.3 is 14.4 Å². The monoisotopic (exact) mass is 543 g/mol. The Hall–Kier alpha value is -2.46. The molecule has 38 heavy (non-hydrogen) atoms. The maximum Gasteiger partial charge on any atom is 0.248 e. The molecule has 0 bridgehead atoms. The third kappa shape index (κ3) is 6.22. The first kappa shape index (κ1) is 28.5. The van der Waals surface area contributed by atoms with Crippen molar-refractivity contribution < 1.29 is 22.7 Å². The SMILES string of the molecule is COc1cc(C)c(S(=O)(=O)N(C)CCOCC(=O)N(C)C2CCc3cc(CN4CCCC4)ccc32)c(C)c1. The van der Waals surface area contributed by atoms with Crippen LogP contribution >= 0.6 is 0 Å². The van der Waals surface area contributed by atoms with E-state index in [0.29, 0.717) is 16.9 Å². The molecule has 0 aromatic heterocycles. The molecule has 208 valence electrons. The van der Waals surface area contributed by atoms with Crippen molar-refractivity contribution in [3.05, 3.63) is 58.1 Å². The van der Waals surface area contributed by atoms with Crippen LogP contribution in [0.25, 0.3) is 0 Å². The molecule has 1 amide bonds. The van der Waals surface area contributed by atoms with Crippen molar-refractivity contribution in [1.29, 1.82) is 0 Å². The molecule has 1 aliphatic carbocycles. The minimum atomic E-state index is -3.70. The van der Waals surface area contributed by atoms with Crippen molar-refractivity contribution in [2.75, 3.05) is 54.1 Å². The first-order valence-corrected chi connectivity index (χ1v) is 14.8. The van der Waals surface area contributed by atoms with Crippen molar-refractivity contribution in [2.45, 2.75) is 57.0 Å². The van der Waals surface area contributed by atoms with Gasteiger partial charge in [0.25, 0.3) is 0 Å². The van der Waals surface area contributed by atoms with Crippen LogP contribution in [0.3, 0.4) is 0 Å². The number of aryl methyl sites for hydroxylation is 3. The fourth-order valence-electron chi connectivity index (χ4n) is 5.69. The Bertz CT molecular complexity index is 1230. The molecule has 2 aliphatic rings. The molecule has 8 nitrogen and oxygen atoms in total. The van der Waals surface area contributed by atoms with Crippen molar-refractivity contribution >= 4 is 15.9 Å². The highest BCUT2D eigenvalue weighted by atomic mass is 32.2. The minimum Gasteiger partial charge on any atom is -0.497 e. The average Bonchev–Trinajstić information content (AvgIpc) is 3.54. The summed E-state index contributed by atoms with van der Waals surface area (Å²) >= 11 is 0. The Balaban J connectivity index is 1.28. The van der Waals surface area contributed by atoms with Gasteiger partial charge in [-0.25, -0.2) is 8.42 Å². The summed E-state index contributed by atoms with van der Waals surface area (Å²) in [5.41, 5.74) is 5.17. The number of sulfonamides is 1. The van der Waals surface area contributed by atoms with Crippen LogP contribution in [-0.2, 0) is 32.5 Å². The summed E-state index contributed by atoms with van der Waals surface area (Å²) in [5.74, 6) is 0.524. The summed E-state index contributed by atoms with van der Waals surface area (Å²) in [7, 11) is 1.22. The van der Waals surface area contributed by atoms with E-state index in [4.69, 9.17) is 9.47 Å². The van der Waals surface area contributed by atoms with E-state index in [1.807, 2.05) is 7.05 Å². The quantitative estimate of drug-likeness (QED) is 0.402. The van der Waals surface area contributed by atoms with Crippen LogP contribution in [0.5, 0.6) is 5.75 Å². The lowest BCUT2D eigenvalue weighted by Gasteiger charge is -2.26. The second kappa shape index (κ2) is 12.2. The van der Waals surface area contributed by atoms with Crippen molar-refractivity contribution in [2.24, 2.45) is 0 Å². The number of hydrogen-bond acceptors (Lipinski definition) is 6. The lowest BCUT2D eigenvalue weighted by molar-refractivity contribution is -0.137. The Kier molecular flexibility index (Phi) is 9.13. The third-order valence-corrected chi connectivity index (χ3v) is 10.00. The number of ether oxygens (including phenoxy) is 2. The second-order valence-corrected chi connectivity index (χ2v) is 12.5. The van der Waals surface area contributed by atoms with E-state index < -0.39 is 10.0 Å². The molecule has 0 saturated carbocycles. The molecule has 2 aromatic carbocycles. The van der Waals surface area contributed by atoms with Gasteiger partial charge in [-0.2, -0.15) is 4.31 Å². The number of carbonyl (C=O) groups is 1. The second-order valence-electron chi connectivity index (χ2n) is 10.5. The molecule has 0 radical (unpaired) electrons. The smallest absolute Gasteiger partial charge is 0.248 e. The third-order valence-electron chi connectivity index (χ3n) is 7.83.